The Bertz CT molecular complexity index is 406. The number of rotatable bonds is 7. The van der Waals surface area contributed by atoms with Crippen molar-refractivity contribution >= 4 is 0 Å². The minimum Gasteiger partial charge on any atom is -0.377 e. The Labute approximate surface area is 123 Å². The van der Waals surface area contributed by atoms with Crippen LogP contribution in [0.1, 0.15) is 38.3 Å². The highest BCUT2D eigenvalue weighted by Crippen LogP contribution is 2.15. The monoisotopic (exact) mass is 276 g/mol. The molecule has 0 aromatic heterocycles. The van der Waals surface area contributed by atoms with Gasteiger partial charge in [-0.2, -0.15) is 0 Å². The lowest BCUT2D eigenvalue weighted by Crippen LogP contribution is -2.35. The summed E-state index contributed by atoms with van der Waals surface area (Å²) in [4.78, 5) is 2.55. The fourth-order valence-electron chi connectivity index (χ4n) is 2.76. The Kier molecular flexibility index (Phi) is 6.02. The molecule has 1 aliphatic rings. The molecule has 112 valence electrons. The van der Waals surface area contributed by atoms with E-state index in [-0.39, 0.29) is 0 Å². The first kappa shape index (κ1) is 15.5. The van der Waals surface area contributed by atoms with E-state index in [2.05, 4.69) is 48.3 Å². The highest BCUT2D eigenvalue weighted by molar-refractivity contribution is 5.26. The van der Waals surface area contributed by atoms with Gasteiger partial charge in [-0.1, -0.05) is 24.3 Å². The molecule has 1 aromatic rings. The summed E-state index contributed by atoms with van der Waals surface area (Å²) in [7, 11) is 0. The van der Waals surface area contributed by atoms with Crippen molar-refractivity contribution in [3.63, 3.8) is 0 Å². The molecular formula is C17H28N2O. The maximum absolute atomic E-state index is 5.54. The molecule has 0 saturated carbocycles. The van der Waals surface area contributed by atoms with Crippen LogP contribution in [-0.2, 0) is 17.9 Å². The average Bonchev–Trinajstić information content (AvgIpc) is 2.93. The van der Waals surface area contributed by atoms with Gasteiger partial charge < -0.3 is 10.1 Å². The second-order valence-electron chi connectivity index (χ2n) is 5.86. The Balaban J connectivity index is 1.85. The molecule has 1 saturated heterocycles. The number of ether oxygens (including phenoxy) is 1. The normalized spacial score (nSPS) is 19.9. The molecular weight excluding hydrogens is 248 g/mol. The highest BCUT2D eigenvalue weighted by atomic mass is 16.5. The summed E-state index contributed by atoms with van der Waals surface area (Å²) in [6.45, 7) is 11.4. The number of hydrogen-bond donors (Lipinski definition) is 1. The van der Waals surface area contributed by atoms with E-state index < -0.39 is 0 Å². The molecule has 1 N–H and O–H groups in total. The molecule has 1 aromatic carbocycles. The van der Waals surface area contributed by atoms with E-state index in [1.165, 1.54) is 30.6 Å². The van der Waals surface area contributed by atoms with E-state index in [4.69, 9.17) is 4.74 Å². The first-order chi connectivity index (χ1) is 9.70. The van der Waals surface area contributed by atoms with Gasteiger partial charge in [-0.3, -0.25) is 4.90 Å². The van der Waals surface area contributed by atoms with Gasteiger partial charge in [0, 0.05) is 31.8 Å². The summed E-state index contributed by atoms with van der Waals surface area (Å²) in [6, 6.07) is 9.86. The number of benzene rings is 1. The SMILES string of the molecule is CCOCc1ccccc1CNC1CCN(C(C)C)C1. The van der Waals surface area contributed by atoms with Crippen LogP contribution in [0.25, 0.3) is 0 Å². The minimum atomic E-state index is 0.623. The van der Waals surface area contributed by atoms with Gasteiger partial charge in [0.15, 0.2) is 0 Å². The fraction of sp³-hybridized carbons (Fsp3) is 0.647. The van der Waals surface area contributed by atoms with Crippen LogP contribution in [0.3, 0.4) is 0 Å². The summed E-state index contributed by atoms with van der Waals surface area (Å²) in [6.07, 6.45) is 1.26. The van der Waals surface area contributed by atoms with Crippen LogP contribution in [-0.4, -0.2) is 36.7 Å². The van der Waals surface area contributed by atoms with Crippen LogP contribution in [0.5, 0.6) is 0 Å². The standard InChI is InChI=1S/C17H28N2O/c1-4-20-13-16-8-6-5-7-15(16)11-18-17-9-10-19(12-17)14(2)3/h5-8,14,17-18H,4,9-13H2,1-3H3. The van der Waals surface area contributed by atoms with E-state index in [1.807, 2.05) is 6.92 Å². The molecule has 1 atom stereocenters. The van der Waals surface area contributed by atoms with Crippen LogP contribution in [0, 0.1) is 0 Å². The third-order valence-electron chi connectivity index (χ3n) is 4.11. The molecule has 0 spiro atoms. The zero-order valence-corrected chi connectivity index (χ0v) is 13.1. The summed E-state index contributed by atoms with van der Waals surface area (Å²) < 4.78 is 5.54. The second-order valence-corrected chi connectivity index (χ2v) is 5.86. The summed E-state index contributed by atoms with van der Waals surface area (Å²) >= 11 is 0. The van der Waals surface area contributed by atoms with Gasteiger partial charge in [-0.15, -0.1) is 0 Å². The van der Waals surface area contributed by atoms with Crippen molar-refractivity contribution in [3.8, 4) is 0 Å². The van der Waals surface area contributed by atoms with Crippen molar-refractivity contribution in [2.24, 2.45) is 0 Å². The number of nitrogens with zero attached hydrogens (tertiary/aromatic N) is 1. The van der Waals surface area contributed by atoms with Gasteiger partial charge in [0.25, 0.3) is 0 Å². The molecule has 0 amide bonds. The summed E-state index contributed by atoms with van der Waals surface area (Å²) in [5.41, 5.74) is 2.67. The zero-order chi connectivity index (χ0) is 14.4. The third-order valence-corrected chi connectivity index (χ3v) is 4.11. The Morgan fingerprint density at radius 2 is 2.05 bits per heavy atom. The molecule has 0 bridgehead atoms. The number of hydrogen-bond acceptors (Lipinski definition) is 3. The first-order valence-electron chi connectivity index (χ1n) is 7.82. The van der Waals surface area contributed by atoms with Gasteiger partial charge in [0.2, 0.25) is 0 Å². The summed E-state index contributed by atoms with van der Waals surface area (Å²) in [5, 5.41) is 3.70. The van der Waals surface area contributed by atoms with Crippen molar-refractivity contribution in [3.05, 3.63) is 35.4 Å². The van der Waals surface area contributed by atoms with E-state index in [1.54, 1.807) is 0 Å². The molecule has 3 heteroatoms. The number of likely N-dealkylation sites (tertiary alicyclic amines) is 1. The van der Waals surface area contributed by atoms with Crippen LogP contribution in [0.4, 0.5) is 0 Å². The van der Waals surface area contributed by atoms with Crippen molar-refractivity contribution in [1.82, 2.24) is 10.2 Å². The lowest BCUT2D eigenvalue weighted by molar-refractivity contribution is 0.133. The molecule has 1 aliphatic heterocycles. The van der Waals surface area contributed by atoms with Crippen LogP contribution >= 0.6 is 0 Å². The predicted molar refractivity (Wildman–Crippen MR) is 83.7 cm³/mol. The molecule has 1 fully saturated rings. The largest absolute Gasteiger partial charge is 0.377 e. The molecule has 2 rings (SSSR count). The molecule has 20 heavy (non-hydrogen) atoms. The van der Waals surface area contributed by atoms with Gasteiger partial charge >= 0.3 is 0 Å². The highest BCUT2D eigenvalue weighted by Gasteiger charge is 2.23. The molecule has 1 heterocycles. The molecule has 1 unspecified atom stereocenters. The lowest BCUT2D eigenvalue weighted by atomic mass is 10.1. The quantitative estimate of drug-likeness (QED) is 0.829. The van der Waals surface area contributed by atoms with Gasteiger partial charge in [0.1, 0.15) is 0 Å². The fourth-order valence-corrected chi connectivity index (χ4v) is 2.76. The molecule has 0 aliphatic carbocycles. The zero-order valence-electron chi connectivity index (χ0n) is 13.1. The van der Waals surface area contributed by atoms with Crippen molar-refractivity contribution in [1.29, 1.82) is 0 Å². The van der Waals surface area contributed by atoms with Crippen LogP contribution in [0.2, 0.25) is 0 Å². The maximum atomic E-state index is 5.54. The molecule has 3 nitrogen and oxygen atoms in total. The van der Waals surface area contributed by atoms with E-state index in [0.29, 0.717) is 12.1 Å². The van der Waals surface area contributed by atoms with Gasteiger partial charge in [0.05, 0.1) is 6.61 Å². The van der Waals surface area contributed by atoms with Crippen LogP contribution in [0.15, 0.2) is 24.3 Å². The van der Waals surface area contributed by atoms with Crippen molar-refractivity contribution in [2.45, 2.75) is 52.4 Å². The second kappa shape index (κ2) is 7.77. The van der Waals surface area contributed by atoms with Gasteiger partial charge in [-0.05, 0) is 44.9 Å². The lowest BCUT2D eigenvalue weighted by Gasteiger charge is -2.20. The first-order valence-corrected chi connectivity index (χ1v) is 7.82. The number of nitrogens with one attached hydrogen (secondary N) is 1. The van der Waals surface area contributed by atoms with Gasteiger partial charge in [-0.25, -0.2) is 0 Å². The maximum Gasteiger partial charge on any atom is 0.0719 e. The van der Waals surface area contributed by atoms with Crippen molar-refractivity contribution in [2.75, 3.05) is 19.7 Å². The Morgan fingerprint density at radius 3 is 2.70 bits per heavy atom. The smallest absolute Gasteiger partial charge is 0.0719 e. The minimum absolute atomic E-state index is 0.623. The third kappa shape index (κ3) is 4.30. The van der Waals surface area contributed by atoms with Crippen molar-refractivity contribution < 1.29 is 4.74 Å². The molecule has 0 radical (unpaired) electrons. The summed E-state index contributed by atoms with van der Waals surface area (Å²) in [5.74, 6) is 0. The van der Waals surface area contributed by atoms with E-state index in [0.717, 1.165) is 19.8 Å². The average molecular weight is 276 g/mol. The Hall–Kier alpha value is -0.900. The topological polar surface area (TPSA) is 24.5 Å². The van der Waals surface area contributed by atoms with Crippen LogP contribution < -0.4 is 5.32 Å². The Morgan fingerprint density at radius 1 is 1.30 bits per heavy atom. The predicted octanol–water partition coefficient (Wildman–Crippen LogP) is 2.80. The van der Waals surface area contributed by atoms with E-state index in [9.17, 15) is 0 Å². The van der Waals surface area contributed by atoms with E-state index >= 15 is 0 Å².